The lowest BCUT2D eigenvalue weighted by molar-refractivity contribution is 0.993. The number of benzene rings is 1. The third-order valence-electron chi connectivity index (χ3n) is 2.41. The van der Waals surface area contributed by atoms with Crippen LogP contribution in [0.25, 0.3) is 12.7 Å². The summed E-state index contributed by atoms with van der Waals surface area (Å²) in [5.41, 5.74) is 1.28. The van der Waals surface area contributed by atoms with E-state index in [9.17, 15) is 9.59 Å². The summed E-state index contributed by atoms with van der Waals surface area (Å²) >= 11 is 0. The molecule has 17 heavy (non-hydrogen) atoms. The maximum absolute atomic E-state index is 11.6. The van der Waals surface area contributed by atoms with Gasteiger partial charge in [-0.3, -0.25) is 9.59 Å². The summed E-state index contributed by atoms with van der Waals surface area (Å²) in [7, 11) is 0. The lowest BCUT2D eigenvalue weighted by Crippen LogP contribution is -2.47. The van der Waals surface area contributed by atoms with Crippen LogP contribution in [0, 0.1) is 6.92 Å². The van der Waals surface area contributed by atoms with Crippen molar-refractivity contribution in [3.8, 4) is 0 Å². The van der Waals surface area contributed by atoms with Crippen LogP contribution in [0.2, 0.25) is 0 Å². The van der Waals surface area contributed by atoms with Crippen LogP contribution in [0.5, 0.6) is 0 Å². The molecule has 1 heterocycles. The molecule has 0 saturated heterocycles. The van der Waals surface area contributed by atoms with Gasteiger partial charge in [-0.15, -0.1) is 0 Å². The number of H-pyrrole nitrogens is 2. The first-order valence-electron chi connectivity index (χ1n) is 5.16. The van der Waals surface area contributed by atoms with Crippen molar-refractivity contribution in [3.63, 3.8) is 0 Å². The summed E-state index contributed by atoms with van der Waals surface area (Å²) < 4.78 is 0. The molecule has 0 atom stereocenters. The first kappa shape index (κ1) is 11.1. The lowest BCUT2D eigenvalue weighted by atomic mass is 10.1. The van der Waals surface area contributed by atoms with E-state index >= 15 is 0 Å². The molecule has 0 spiro atoms. The Kier molecular flexibility index (Phi) is 2.78. The van der Waals surface area contributed by atoms with E-state index in [1.807, 2.05) is 31.2 Å². The fraction of sp³-hybridized carbons (Fsp3) is 0.0769. The Labute approximate surface area is 97.0 Å². The Balaban J connectivity index is 2.70. The van der Waals surface area contributed by atoms with E-state index in [0.29, 0.717) is 0 Å². The van der Waals surface area contributed by atoms with Gasteiger partial charge in [0.2, 0.25) is 0 Å². The number of rotatable bonds is 1. The van der Waals surface area contributed by atoms with Gasteiger partial charge in [0.25, 0.3) is 11.1 Å². The van der Waals surface area contributed by atoms with E-state index in [2.05, 4.69) is 16.5 Å². The van der Waals surface area contributed by atoms with Gasteiger partial charge in [-0.2, -0.15) is 0 Å². The van der Waals surface area contributed by atoms with E-state index in [-0.39, 0.29) is 10.7 Å². The molecule has 0 aliphatic rings. The summed E-state index contributed by atoms with van der Waals surface area (Å²) in [6.07, 6.45) is 1.55. The van der Waals surface area contributed by atoms with Crippen LogP contribution in [-0.4, -0.2) is 9.97 Å². The van der Waals surface area contributed by atoms with Crippen LogP contribution in [0.3, 0.4) is 0 Å². The van der Waals surface area contributed by atoms with Crippen molar-refractivity contribution in [2.75, 3.05) is 0 Å². The largest absolute Gasteiger partial charge is 0.308 e. The van der Waals surface area contributed by atoms with Gasteiger partial charge in [0.05, 0.1) is 0 Å². The minimum Gasteiger partial charge on any atom is -0.308 e. The van der Waals surface area contributed by atoms with Gasteiger partial charge in [-0.25, -0.2) is 0 Å². The summed E-state index contributed by atoms with van der Waals surface area (Å²) in [6.45, 7) is 5.45. The molecular weight excluding hydrogens is 216 g/mol. The van der Waals surface area contributed by atoms with Crippen LogP contribution < -0.4 is 21.8 Å². The highest BCUT2D eigenvalue weighted by Crippen LogP contribution is 2.02. The Bertz CT molecular complexity index is 714. The van der Waals surface area contributed by atoms with Gasteiger partial charge >= 0.3 is 0 Å². The quantitative estimate of drug-likeness (QED) is 0.698. The molecule has 0 radical (unpaired) electrons. The van der Waals surface area contributed by atoms with Gasteiger partial charge in [-0.05, 0) is 18.6 Å². The summed E-state index contributed by atoms with van der Waals surface area (Å²) in [5, 5.41) is 0.0845. The van der Waals surface area contributed by atoms with Crippen molar-refractivity contribution in [2.45, 2.75) is 6.92 Å². The Morgan fingerprint density at radius 1 is 1.06 bits per heavy atom. The molecule has 86 valence electrons. The highest BCUT2D eigenvalue weighted by atomic mass is 16.1. The van der Waals surface area contributed by atoms with Crippen LogP contribution in [0.1, 0.15) is 11.1 Å². The van der Waals surface area contributed by atoms with Crippen molar-refractivity contribution < 1.29 is 0 Å². The molecule has 0 bridgehead atoms. The molecule has 0 amide bonds. The fourth-order valence-corrected chi connectivity index (χ4v) is 1.50. The zero-order valence-corrected chi connectivity index (χ0v) is 9.41. The van der Waals surface area contributed by atoms with Gasteiger partial charge in [0, 0.05) is 0 Å². The molecule has 0 saturated carbocycles. The van der Waals surface area contributed by atoms with E-state index in [4.69, 9.17) is 0 Å². The molecule has 0 fully saturated rings. The zero-order valence-electron chi connectivity index (χ0n) is 9.41. The SMILES string of the molecule is C=c1[nH]c(=O)c(=Cc2ccc(C)cc2)c(=O)[nH]1. The van der Waals surface area contributed by atoms with Crippen LogP contribution in [0.15, 0.2) is 33.9 Å². The first-order valence-corrected chi connectivity index (χ1v) is 5.16. The van der Waals surface area contributed by atoms with E-state index in [1.165, 1.54) is 0 Å². The zero-order chi connectivity index (χ0) is 12.4. The maximum atomic E-state index is 11.6. The topological polar surface area (TPSA) is 65.7 Å². The number of aromatic nitrogens is 2. The molecule has 0 aliphatic carbocycles. The van der Waals surface area contributed by atoms with E-state index in [1.54, 1.807) is 6.08 Å². The Hall–Kier alpha value is -2.36. The molecule has 0 aliphatic heterocycles. The minimum atomic E-state index is -0.431. The van der Waals surface area contributed by atoms with Crippen LogP contribution in [0.4, 0.5) is 0 Å². The minimum absolute atomic E-state index is 0.0845. The average molecular weight is 228 g/mol. The normalized spacial score (nSPS) is 10.2. The third-order valence-corrected chi connectivity index (χ3v) is 2.41. The Morgan fingerprint density at radius 3 is 2.12 bits per heavy atom. The van der Waals surface area contributed by atoms with Gasteiger partial charge in [0.1, 0.15) is 10.7 Å². The van der Waals surface area contributed by atoms with Gasteiger partial charge in [-0.1, -0.05) is 36.4 Å². The standard InChI is InChI=1S/C13H12N2O2/c1-8-3-5-10(6-4-8)7-11-12(16)14-9(2)15-13(11)17/h3-7H,2H2,1H3,(H,14,16)(H,15,17). The smallest absolute Gasteiger partial charge is 0.262 e. The van der Waals surface area contributed by atoms with Crippen molar-refractivity contribution >= 4 is 12.7 Å². The molecule has 0 unspecified atom stereocenters. The number of aromatic amines is 2. The first-order chi connectivity index (χ1) is 8.06. The molecule has 4 nitrogen and oxygen atoms in total. The van der Waals surface area contributed by atoms with Crippen molar-refractivity contribution in [1.82, 2.24) is 9.97 Å². The van der Waals surface area contributed by atoms with Crippen molar-refractivity contribution in [1.29, 1.82) is 0 Å². The summed E-state index contributed by atoms with van der Waals surface area (Å²) in [4.78, 5) is 28.1. The van der Waals surface area contributed by atoms with Gasteiger partial charge in [0.15, 0.2) is 0 Å². The number of hydrogen-bond donors (Lipinski definition) is 2. The number of nitrogens with one attached hydrogen (secondary N) is 2. The third kappa shape index (κ3) is 2.42. The molecule has 2 rings (SSSR count). The highest BCUT2D eigenvalue weighted by Gasteiger charge is 1.96. The second kappa shape index (κ2) is 4.25. The van der Waals surface area contributed by atoms with E-state index < -0.39 is 11.1 Å². The Morgan fingerprint density at radius 2 is 1.59 bits per heavy atom. The number of hydrogen-bond acceptors (Lipinski definition) is 2. The molecular formula is C13H12N2O2. The lowest BCUT2D eigenvalue weighted by Gasteiger charge is -1.94. The molecule has 4 heteroatoms. The van der Waals surface area contributed by atoms with Crippen molar-refractivity contribution in [3.05, 3.63) is 66.8 Å². The van der Waals surface area contributed by atoms with Gasteiger partial charge < -0.3 is 9.97 Å². The number of aryl methyl sites for hydroxylation is 1. The van der Waals surface area contributed by atoms with Crippen LogP contribution >= 0.6 is 0 Å². The summed E-state index contributed by atoms with van der Waals surface area (Å²) in [6, 6.07) is 7.55. The van der Waals surface area contributed by atoms with Crippen molar-refractivity contribution in [2.24, 2.45) is 0 Å². The molecule has 2 aromatic rings. The van der Waals surface area contributed by atoms with E-state index in [0.717, 1.165) is 11.1 Å². The molecule has 1 aromatic carbocycles. The second-order valence-electron chi connectivity index (χ2n) is 3.86. The maximum Gasteiger partial charge on any atom is 0.262 e. The average Bonchev–Trinajstić information content (AvgIpc) is 2.26. The fourth-order valence-electron chi connectivity index (χ4n) is 1.50. The molecule has 1 aromatic heterocycles. The highest BCUT2D eigenvalue weighted by molar-refractivity contribution is 5.49. The second-order valence-corrected chi connectivity index (χ2v) is 3.86. The predicted molar refractivity (Wildman–Crippen MR) is 67.2 cm³/mol. The summed E-state index contributed by atoms with van der Waals surface area (Å²) in [5.74, 6) is 0. The monoisotopic (exact) mass is 228 g/mol. The van der Waals surface area contributed by atoms with Crippen LogP contribution in [-0.2, 0) is 0 Å². The predicted octanol–water partition coefficient (Wildman–Crippen LogP) is -0.389. The molecule has 2 N–H and O–H groups in total.